The predicted octanol–water partition coefficient (Wildman–Crippen LogP) is 5.54. The zero-order chi connectivity index (χ0) is 22.2. The van der Waals surface area contributed by atoms with Crippen molar-refractivity contribution >= 4 is 11.7 Å². The van der Waals surface area contributed by atoms with Crippen LogP contribution in [0.15, 0.2) is 60.8 Å². The number of aryl methyl sites for hydroxylation is 1. The van der Waals surface area contributed by atoms with E-state index in [9.17, 15) is 4.79 Å². The number of aromatic nitrogens is 2. The van der Waals surface area contributed by atoms with Crippen LogP contribution in [0.25, 0.3) is 0 Å². The van der Waals surface area contributed by atoms with E-state index in [0.717, 1.165) is 24.2 Å². The summed E-state index contributed by atoms with van der Waals surface area (Å²) in [5.41, 5.74) is 3.43. The Hall–Kier alpha value is -3.08. The maximum Gasteiger partial charge on any atom is 0.257 e. The summed E-state index contributed by atoms with van der Waals surface area (Å²) in [6.07, 6.45) is 3.37. The van der Waals surface area contributed by atoms with E-state index in [2.05, 4.69) is 92.8 Å². The summed E-state index contributed by atoms with van der Waals surface area (Å²) in [4.78, 5) is 13.5. The summed E-state index contributed by atoms with van der Waals surface area (Å²) in [5.74, 6) is 0.675. The third-order valence-corrected chi connectivity index (χ3v) is 6.56. The second-order valence-electron chi connectivity index (χ2n) is 9.45. The summed E-state index contributed by atoms with van der Waals surface area (Å²) in [7, 11) is 0. The van der Waals surface area contributed by atoms with E-state index in [0.29, 0.717) is 5.56 Å². The molecule has 5 heteroatoms. The molecule has 2 N–H and O–H groups in total. The van der Waals surface area contributed by atoms with Crippen LogP contribution in [-0.4, -0.2) is 15.7 Å². The van der Waals surface area contributed by atoms with Crippen LogP contribution in [0.3, 0.4) is 0 Å². The van der Waals surface area contributed by atoms with Crippen molar-refractivity contribution in [1.82, 2.24) is 15.1 Å². The zero-order valence-electron chi connectivity index (χ0n) is 19.1. The zero-order valence-corrected chi connectivity index (χ0v) is 19.1. The van der Waals surface area contributed by atoms with E-state index >= 15 is 0 Å². The molecule has 3 aromatic rings. The second-order valence-corrected chi connectivity index (χ2v) is 9.45. The number of hydrogen-bond acceptors (Lipinski definition) is 3. The highest BCUT2D eigenvalue weighted by Crippen LogP contribution is 2.40. The topological polar surface area (TPSA) is 59.0 Å². The van der Waals surface area contributed by atoms with Gasteiger partial charge in [-0.1, -0.05) is 67.1 Å². The third-order valence-electron chi connectivity index (χ3n) is 6.56. The van der Waals surface area contributed by atoms with Crippen molar-refractivity contribution in [3.8, 4) is 0 Å². The van der Waals surface area contributed by atoms with Crippen molar-refractivity contribution in [1.29, 1.82) is 0 Å². The molecule has 0 spiro atoms. The van der Waals surface area contributed by atoms with Crippen molar-refractivity contribution in [3.05, 3.63) is 83.0 Å². The van der Waals surface area contributed by atoms with Gasteiger partial charge in [-0.25, -0.2) is 4.68 Å². The summed E-state index contributed by atoms with van der Waals surface area (Å²) in [6, 6.07) is 18.9. The van der Waals surface area contributed by atoms with Gasteiger partial charge in [0.1, 0.15) is 11.4 Å². The Balaban J connectivity index is 1.66. The van der Waals surface area contributed by atoms with Gasteiger partial charge in [0.25, 0.3) is 5.91 Å². The van der Waals surface area contributed by atoms with Crippen LogP contribution in [-0.2, 0) is 11.1 Å². The number of hydrogen-bond donors (Lipinski definition) is 2. The van der Waals surface area contributed by atoms with Crippen LogP contribution < -0.4 is 10.6 Å². The molecule has 1 aliphatic heterocycles. The quantitative estimate of drug-likeness (QED) is 0.574. The number of carbonyl (C=O) groups excluding carboxylic acids is 1. The molecule has 162 valence electrons. The molecule has 0 radical (unpaired) electrons. The molecule has 0 bridgehead atoms. The Labute approximate surface area is 184 Å². The van der Waals surface area contributed by atoms with E-state index in [4.69, 9.17) is 0 Å². The van der Waals surface area contributed by atoms with E-state index in [-0.39, 0.29) is 17.5 Å². The molecule has 4 rings (SSSR count). The number of fused-ring (bicyclic) bond motifs is 1. The number of anilines is 1. The molecule has 1 aliphatic rings. The van der Waals surface area contributed by atoms with Crippen molar-refractivity contribution in [2.24, 2.45) is 0 Å². The first-order valence-electron chi connectivity index (χ1n) is 11.0. The molecule has 1 aromatic heterocycles. The first-order chi connectivity index (χ1) is 14.7. The minimum Gasteiger partial charge on any atom is -0.363 e. The second kappa shape index (κ2) is 7.88. The van der Waals surface area contributed by atoms with Gasteiger partial charge < -0.3 is 10.6 Å². The number of nitrogens with zero attached hydrogens (tertiary/aromatic N) is 2. The fraction of sp³-hybridized carbons (Fsp3) is 0.385. The van der Waals surface area contributed by atoms with Crippen LogP contribution in [0.1, 0.15) is 73.6 Å². The lowest BCUT2D eigenvalue weighted by molar-refractivity contribution is 0.0902. The first-order valence-corrected chi connectivity index (χ1v) is 11.0. The van der Waals surface area contributed by atoms with E-state index in [1.165, 1.54) is 11.1 Å². The molecule has 2 atom stereocenters. The Morgan fingerprint density at radius 1 is 1.23 bits per heavy atom. The summed E-state index contributed by atoms with van der Waals surface area (Å²) >= 11 is 0. The average molecular weight is 417 g/mol. The van der Waals surface area contributed by atoms with Gasteiger partial charge in [-0.05, 0) is 51.7 Å². The smallest absolute Gasteiger partial charge is 0.257 e. The van der Waals surface area contributed by atoms with Gasteiger partial charge in [0.15, 0.2) is 0 Å². The van der Waals surface area contributed by atoms with Gasteiger partial charge in [-0.2, -0.15) is 5.10 Å². The number of rotatable bonds is 5. The van der Waals surface area contributed by atoms with Gasteiger partial charge in [0.05, 0.1) is 23.3 Å². The highest BCUT2D eigenvalue weighted by atomic mass is 16.1. The SMILES string of the molecule is CCC(C)(NC(=O)c1cnn2c1NC(c1ccccc1)CC2(C)C)c1cccc(C)c1. The fourth-order valence-electron chi connectivity index (χ4n) is 4.47. The molecule has 0 fully saturated rings. The Morgan fingerprint density at radius 2 is 1.97 bits per heavy atom. The molecule has 2 aromatic carbocycles. The molecule has 0 saturated heterocycles. The van der Waals surface area contributed by atoms with Crippen LogP contribution >= 0.6 is 0 Å². The van der Waals surface area contributed by atoms with Crippen LogP contribution in [0, 0.1) is 6.92 Å². The molecular formula is C26H32N4O. The predicted molar refractivity (Wildman–Crippen MR) is 125 cm³/mol. The van der Waals surface area contributed by atoms with E-state index < -0.39 is 5.54 Å². The lowest BCUT2D eigenvalue weighted by atomic mass is 9.87. The highest BCUT2D eigenvalue weighted by Gasteiger charge is 2.37. The Morgan fingerprint density at radius 3 is 2.65 bits per heavy atom. The minimum atomic E-state index is -0.457. The first kappa shape index (κ1) is 21.2. The molecule has 2 unspecified atom stereocenters. The molecular weight excluding hydrogens is 384 g/mol. The molecule has 5 nitrogen and oxygen atoms in total. The van der Waals surface area contributed by atoms with Gasteiger partial charge >= 0.3 is 0 Å². The van der Waals surface area contributed by atoms with E-state index in [1.807, 2.05) is 16.8 Å². The monoisotopic (exact) mass is 416 g/mol. The molecule has 31 heavy (non-hydrogen) atoms. The van der Waals surface area contributed by atoms with Gasteiger partial charge in [0, 0.05) is 0 Å². The number of benzene rings is 2. The summed E-state index contributed by atoms with van der Waals surface area (Å²) < 4.78 is 1.96. The fourth-order valence-corrected chi connectivity index (χ4v) is 4.47. The Kier molecular flexibility index (Phi) is 5.38. The standard InChI is InChI=1S/C26H32N4O/c1-6-26(5,20-14-10-11-18(2)15-20)29-24(31)21-17-27-30-23(21)28-22(16-25(30,3)4)19-12-8-7-9-13-19/h7-15,17,22,28H,6,16H2,1-5H3,(H,29,31). The third kappa shape index (κ3) is 3.97. The van der Waals surface area contributed by atoms with Gasteiger partial charge in [-0.15, -0.1) is 0 Å². The van der Waals surface area contributed by atoms with Crippen molar-refractivity contribution in [3.63, 3.8) is 0 Å². The number of nitrogens with one attached hydrogen (secondary N) is 2. The molecule has 2 heterocycles. The van der Waals surface area contributed by atoms with E-state index in [1.54, 1.807) is 6.20 Å². The largest absolute Gasteiger partial charge is 0.363 e. The van der Waals surface area contributed by atoms with Crippen molar-refractivity contribution in [2.75, 3.05) is 5.32 Å². The lowest BCUT2D eigenvalue weighted by Gasteiger charge is -2.38. The maximum absolute atomic E-state index is 13.5. The van der Waals surface area contributed by atoms with Gasteiger partial charge in [0.2, 0.25) is 0 Å². The minimum absolute atomic E-state index is 0.107. The average Bonchev–Trinajstić information content (AvgIpc) is 3.19. The van der Waals surface area contributed by atoms with Crippen LogP contribution in [0.4, 0.5) is 5.82 Å². The van der Waals surface area contributed by atoms with Crippen molar-refractivity contribution in [2.45, 2.75) is 64.6 Å². The highest BCUT2D eigenvalue weighted by molar-refractivity contribution is 5.99. The Bertz CT molecular complexity index is 1090. The molecule has 0 saturated carbocycles. The maximum atomic E-state index is 13.5. The number of carbonyl (C=O) groups is 1. The van der Waals surface area contributed by atoms with Crippen LogP contribution in [0.2, 0.25) is 0 Å². The molecule has 0 aliphatic carbocycles. The number of amides is 1. The lowest BCUT2D eigenvalue weighted by Crippen LogP contribution is -2.44. The van der Waals surface area contributed by atoms with Gasteiger partial charge in [-0.3, -0.25) is 4.79 Å². The van der Waals surface area contributed by atoms with Crippen molar-refractivity contribution < 1.29 is 4.79 Å². The van der Waals surface area contributed by atoms with Crippen LogP contribution in [0.5, 0.6) is 0 Å². The summed E-state index contributed by atoms with van der Waals surface area (Å²) in [6.45, 7) is 10.6. The summed E-state index contributed by atoms with van der Waals surface area (Å²) in [5, 5.41) is 11.5. The normalized spacial score (nSPS) is 19.1. The molecule has 1 amide bonds.